The molecule has 47 heavy (non-hydrogen) atoms. The molecule has 14 heteroatoms. The number of ketones is 1. The summed E-state index contributed by atoms with van der Waals surface area (Å²) in [4.78, 5) is 22.3. The van der Waals surface area contributed by atoms with Gasteiger partial charge in [-0.2, -0.15) is 13.8 Å². The van der Waals surface area contributed by atoms with Gasteiger partial charge in [-0.15, -0.1) is 17.5 Å². The van der Waals surface area contributed by atoms with E-state index in [1.807, 2.05) is 52.2 Å². The van der Waals surface area contributed by atoms with Crippen LogP contribution in [-0.4, -0.2) is 83.9 Å². The Balaban J connectivity index is -0.000000259. The Morgan fingerprint density at radius 3 is 1.40 bits per heavy atom. The third-order valence-corrected chi connectivity index (χ3v) is 6.96. The summed E-state index contributed by atoms with van der Waals surface area (Å²) < 4.78 is 6.50. The van der Waals surface area contributed by atoms with Crippen LogP contribution in [-0.2, 0) is 37.1 Å². The quantitative estimate of drug-likeness (QED) is 0.177. The van der Waals surface area contributed by atoms with Crippen LogP contribution in [0.1, 0.15) is 46.0 Å². The summed E-state index contributed by atoms with van der Waals surface area (Å²) >= 11 is 2.17. The van der Waals surface area contributed by atoms with Crippen molar-refractivity contribution in [2.45, 2.75) is 85.1 Å². The molecule has 0 aliphatic carbocycles. The topological polar surface area (TPSA) is 111 Å². The molecule has 2 N–H and O–H groups in total. The van der Waals surface area contributed by atoms with Crippen LogP contribution in [0, 0.1) is 45.4 Å². The zero-order chi connectivity index (χ0) is 35.6. The third-order valence-electron chi connectivity index (χ3n) is 4.66. The molecule has 0 fully saturated rings. The predicted octanol–water partition coefficient (Wildman–Crippen LogP) is 2.10. The van der Waals surface area contributed by atoms with Crippen molar-refractivity contribution in [2.24, 2.45) is 21.1 Å². The standard InChI is InChI=1S/C11H18N2OSi.C8H10N2O.C7H12OSi.C4H5IN2.C3H7.BrH.Mg/c1-11(14,6-7-15(3,4)5)10-8-13(2)9-12-10;1-4-8(2,11)7-5-10(3)6-9-7;1-7(8)5-6-9(2,3)4;1-7-2-4(5)6-3-7;1-3-2;;/h8-9,14H,1-5H3;1,5-6,11H,2-3H3;1-4H3;2-3H,1H3;3H,1-2H3;1H;/q;;;;-1;;+2/p-1. The van der Waals surface area contributed by atoms with Crippen LogP contribution in [0.5, 0.6) is 0 Å². The fourth-order valence-corrected chi connectivity index (χ4v) is 4.17. The molecule has 3 rings (SSSR count). The molecule has 0 saturated heterocycles. The van der Waals surface area contributed by atoms with Gasteiger partial charge in [0.1, 0.15) is 31.2 Å². The zero-order valence-electron chi connectivity index (χ0n) is 30.6. The zero-order valence-corrected chi connectivity index (χ0v) is 37.7. The summed E-state index contributed by atoms with van der Waals surface area (Å²) in [7, 11) is 2.90. The number of halogens is 2. The van der Waals surface area contributed by atoms with E-state index in [2.05, 4.69) is 106 Å². The van der Waals surface area contributed by atoms with Gasteiger partial charge >= 0.3 is 23.1 Å². The summed E-state index contributed by atoms with van der Waals surface area (Å²) in [6, 6.07) is 0. The van der Waals surface area contributed by atoms with Gasteiger partial charge in [-0.3, -0.25) is 4.79 Å². The van der Waals surface area contributed by atoms with Gasteiger partial charge in [0.15, 0.2) is 11.2 Å². The first-order chi connectivity index (χ1) is 20.4. The number of imidazole rings is 3. The van der Waals surface area contributed by atoms with Gasteiger partial charge in [-0.25, -0.2) is 15.0 Å². The SMILES string of the molecule is C#CC(C)(O)c1cn(C)cn1.CC(=O)C#C[Si](C)(C)C.C[CH-]C.Cn1cnc(C(C)(O)C#C[Si](C)(C)C)c1.Cn1cnc(I)c1.[Br-].[Mg+2]. The van der Waals surface area contributed by atoms with Gasteiger partial charge in [0, 0.05) is 46.7 Å². The number of terminal acetylenes is 1. The van der Waals surface area contributed by atoms with Gasteiger partial charge in [0.2, 0.25) is 5.78 Å². The van der Waals surface area contributed by atoms with E-state index in [4.69, 9.17) is 6.42 Å². The Morgan fingerprint density at radius 1 is 0.830 bits per heavy atom. The Hall–Kier alpha value is -1.69. The number of nitrogens with zero attached hydrogens (tertiary/aromatic N) is 6. The molecular formula is C33H52BrIMgN6O3Si2. The molecule has 0 amide bonds. The molecule has 0 radical (unpaired) electrons. The van der Waals surface area contributed by atoms with Crippen LogP contribution in [0.25, 0.3) is 0 Å². The first kappa shape index (κ1) is 52.1. The Labute approximate surface area is 326 Å². The summed E-state index contributed by atoms with van der Waals surface area (Å²) in [5, 5.41) is 19.6. The molecule has 2 unspecified atom stereocenters. The van der Waals surface area contributed by atoms with E-state index in [0.29, 0.717) is 11.4 Å². The van der Waals surface area contributed by atoms with Crippen LogP contribution in [0.2, 0.25) is 39.3 Å². The van der Waals surface area contributed by atoms with E-state index in [-0.39, 0.29) is 45.8 Å². The molecule has 2 atom stereocenters. The van der Waals surface area contributed by atoms with Crippen molar-refractivity contribution in [3.8, 4) is 35.3 Å². The first-order valence-corrected chi connectivity index (χ1v) is 22.3. The molecule has 0 aliphatic heterocycles. The molecule has 3 heterocycles. The number of hydrogen-bond acceptors (Lipinski definition) is 6. The first-order valence-electron chi connectivity index (χ1n) is 14.2. The minimum absolute atomic E-state index is 0. The van der Waals surface area contributed by atoms with Gasteiger partial charge in [-0.05, 0) is 42.4 Å². The second-order valence-corrected chi connectivity index (χ2v) is 23.2. The van der Waals surface area contributed by atoms with Crippen LogP contribution in [0.4, 0.5) is 0 Å². The fourth-order valence-electron chi connectivity index (χ4n) is 2.43. The largest absolute Gasteiger partial charge is 2.00 e. The van der Waals surface area contributed by atoms with Crippen molar-refractivity contribution in [3.05, 3.63) is 59.1 Å². The number of rotatable bonds is 2. The molecule has 256 valence electrons. The van der Waals surface area contributed by atoms with E-state index in [9.17, 15) is 15.0 Å². The smallest absolute Gasteiger partial charge is 1.00 e. The Bertz CT molecular complexity index is 1480. The van der Waals surface area contributed by atoms with Gasteiger partial charge in [0.05, 0.1) is 19.0 Å². The molecule has 0 aliphatic rings. The number of Topliss-reactive ketones (excluding diaryl/α,β-unsaturated/α-hetero) is 1. The average molecular weight is 868 g/mol. The summed E-state index contributed by atoms with van der Waals surface area (Å²) in [6.45, 7) is 21.5. The van der Waals surface area contributed by atoms with E-state index in [1.54, 1.807) is 47.4 Å². The van der Waals surface area contributed by atoms with Crippen LogP contribution in [0.3, 0.4) is 0 Å². The van der Waals surface area contributed by atoms with Crippen molar-refractivity contribution < 1.29 is 32.0 Å². The number of carbonyl (C=O) groups is 1. The van der Waals surface area contributed by atoms with Crippen LogP contribution < -0.4 is 17.0 Å². The van der Waals surface area contributed by atoms with Gasteiger partial charge in [0.25, 0.3) is 0 Å². The molecule has 0 spiro atoms. The Kier molecular flexibility index (Phi) is 27.1. The van der Waals surface area contributed by atoms with Crippen molar-refractivity contribution >= 4 is 67.6 Å². The third kappa shape index (κ3) is 27.9. The molecule has 0 bridgehead atoms. The number of carbonyl (C=O) groups excluding carboxylic acids is 1. The van der Waals surface area contributed by atoms with Crippen molar-refractivity contribution in [1.82, 2.24) is 28.7 Å². The normalized spacial score (nSPS) is 12.2. The van der Waals surface area contributed by atoms with E-state index < -0.39 is 27.3 Å². The maximum Gasteiger partial charge on any atom is 2.00 e. The Morgan fingerprint density at radius 2 is 1.19 bits per heavy atom. The molecule has 0 aromatic carbocycles. The monoisotopic (exact) mass is 866 g/mol. The number of aromatic nitrogens is 6. The second kappa shape index (κ2) is 24.4. The van der Waals surface area contributed by atoms with Crippen molar-refractivity contribution in [3.63, 3.8) is 0 Å². The maximum atomic E-state index is 10.3. The summed E-state index contributed by atoms with van der Waals surface area (Å²) in [5.74, 6) is 7.70. The summed E-state index contributed by atoms with van der Waals surface area (Å²) in [6.07, 6.45) is 17.6. The molecular weight excluding hydrogens is 816 g/mol. The van der Waals surface area contributed by atoms with Gasteiger partial charge < -0.3 is 47.3 Å². The average Bonchev–Trinajstić information content (AvgIpc) is 3.64. The molecule has 0 saturated carbocycles. The number of hydrogen-bond donors (Lipinski definition) is 2. The predicted molar refractivity (Wildman–Crippen MR) is 205 cm³/mol. The minimum Gasteiger partial charge on any atom is -1.00 e. The van der Waals surface area contributed by atoms with E-state index in [0.717, 1.165) is 3.70 Å². The molecule has 3 aromatic rings. The van der Waals surface area contributed by atoms with Crippen LogP contribution >= 0.6 is 22.6 Å². The van der Waals surface area contributed by atoms with Crippen molar-refractivity contribution in [2.75, 3.05) is 0 Å². The number of aryl methyl sites for hydroxylation is 3. The van der Waals surface area contributed by atoms with Gasteiger partial charge in [-0.1, -0.05) is 51.1 Å². The summed E-state index contributed by atoms with van der Waals surface area (Å²) in [5.41, 5.74) is 4.84. The van der Waals surface area contributed by atoms with E-state index in [1.165, 1.54) is 13.8 Å². The molecule has 3 aromatic heterocycles. The molecule has 9 nitrogen and oxygen atoms in total. The van der Waals surface area contributed by atoms with E-state index >= 15 is 0 Å². The van der Waals surface area contributed by atoms with Crippen LogP contribution in [0.15, 0.2) is 37.6 Å². The number of aliphatic hydroxyl groups is 2. The minimum atomic E-state index is -1.45. The maximum absolute atomic E-state index is 10.3. The van der Waals surface area contributed by atoms with Crippen molar-refractivity contribution in [1.29, 1.82) is 0 Å². The second-order valence-electron chi connectivity index (χ2n) is 12.6. The fraction of sp³-hybridized carbons (Fsp3) is 0.485.